The summed E-state index contributed by atoms with van der Waals surface area (Å²) in [6, 6.07) is 0.429. The molecule has 0 atom stereocenters. The van der Waals surface area contributed by atoms with E-state index < -0.39 is 0 Å². The highest BCUT2D eigenvalue weighted by Crippen LogP contribution is 2.51. The summed E-state index contributed by atoms with van der Waals surface area (Å²) in [5, 5.41) is 2.98. The maximum Gasteiger partial charge on any atom is 0.243 e. The van der Waals surface area contributed by atoms with Gasteiger partial charge < -0.3 is 5.32 Å². The van der Waals surface area contributed by atoms with Crippen molar-refractivity contribution < 1.29 is 4.79 Å². The Morgan fingerprint density at radius 3 is 2.50 bits per heavy atom. The van der Waals surface area contributed by atoms with Crippen LogP contribution < -0.4 is 5.32 Å². The molecule has 0 aromatic heterocycles. The number of amides is 1. The summed E-state index contributed by atoms with van der Waals surface area (Å²) in [4.78, 5) is 11.1. The Balaban J connectivity index is 1.77. The molecule has 2 nitrogen and oxygen atoms in total. The largest absolute Gasteiger partial charge is 0.350 e. The van der Waals surface area contributed by atoms with Crippen LogP contribution in [0.1, 0.15) is 44.9 Å². The summed E-state index contributed by atoms with van der Waals surface area (Å²) in [6.45, 7) is 3.46. The van der Waals surface area contributed by atoms with E-state index >= 15 is 0 Å². The van der Waals surface area contributed by atoms with E-state index in [9.17, 15) is 4.79 Å². The molecule has 0 saturated heterocycles. The van der Waals surface area contributed by atoms with Gasteiger partial charge in [0.25, 0.3) is 0 Å². The maximum absolute atomic E-state index is 11.1. The predicted molar refractivity (Wildman–Crippen MR) is 56.9 cm³/mol. The first-order chi connectivity index (χ1) is 6.74. The number of hydrogen-bond donors (Lipinski definition) is 1. The van der Waals surface area contributed by atoms with E-state index in [4.69, 9.17) is 0 Å². The third kappa shape index (κ3) is 1.84. The van der Waals surface area contributed by atoms with Crippen molar-refractivity contribution in [1.82, 2.24) is 5.32 Å². The molecule has 0 unspecified atom stereocenters. The molecular formula is C12H19NO. The van der Waals surface area contributed by atoms with Crippen molar-refractivity contribution in [1.29, 1.82) is 0 Å². The zero-order valence-electron chi connectivity index (χ0n) is 8.72. The van der Waals surface area contributed by atoms with E-state index in [2.05, 4.69) is 11.9 Å². The number of hydrogen-bond acceptors (Lipinski definition) is 1. The lowest BCUT2D eigenvalue weighted by molar-refractivity contribution is -0.119. The topological polar surface area (TPSA) is 29.1 Å². The van der Waals surface area contributed by atoms with E-state index in [0.29, 0.717) is 11.5 Å². The number of nitrogens with one attached hydrogen (secondary N) is 1. The molecule has 0 heterocycles. The fraction of sp³-hybridized carbons (Fsp3) is 0.750. The highest BCUT2D eigenvalue weighted by Gasteiger charge is 2.44. The van der Waals surface area contributed by atoms with Gasteiger partial charge in [-0.1, -0.05) is 25.8 Å². The molecule has 2 aliphatic rings. The average molecular weight is 193 g/mol. The molecule has 1 spiro atoms. The molecule has 2 fully saturated rings. The Hall–Kier alpha value is -0.790. The first kappa shape index (κ1) is 9.75. The maximum atomic E-state index is 11.1. The minimum Gasteiger partial charge on any atom is -0.350 e. The molecular weight excluding hydrogens is 174 g/mol. The summed E-state index contributed by atoms with van der Waals surface area (Å²) in [5.74, 6) is -0.0133. The molecule has 2 rings (SSSR count). The van der Waals surface area contributed by atoms with Gasteiger partial charge in [-0.05, 0) is 37.2 Å². The van der Waals surface area contributed by atoms with Crippen molar-refractivity contribution >= 4 is 5.91 Å². The standard InChI is InChI=1S/C12H19NO/c1-2-11(14)13-10-8-12(9-10)6-4-3-5-7-12/h2,10H,1,3-9H2,(H,13,14). The number of carbonyl (C=O) groups is 1. The van der Waals surface area contributed by atoms with Crippen LogP contribution in [0.2, 0.25) is 0 Å². The van der Waals surface area contributed by atoms with Gasteiger partial charge >= 0.3 is 0 Å². The van der Waals surface area contributed by atoms with Gasteiger partial charge in [0.1, 0.15) is 0 Å². The summed E-state index contributed by atoms with van der Waals surface area (Å²) in [5.41, 5.74) is 0.608. The Bertz CT molecular complexity index is 233. The normalized spacial score (nSPS) is 25.4. The summed E-state index contributed by atoms with van der Waals surface area (Å²) in [7, 11) is 0. The minimum absolute atomic E-state index is 0.0133. The monoisotopic (exact) mass is 193 g/mol. The van der Waals surface area contributed by atoms with Gasteiger partial charge in [-0.25, -0.2) is 0 Å². The highest BCUT2D eigenvalue weighted by molar-refractivity contribution is 5.87. The first-order valence-electron chi connectivity index (χ1n) is 5.67. The minimum atomic E-state index is -0.0133. The van der Waals surface area contributed by atoms with Crippen molar-refractivity contribution in [3.05, 3.63) is 12.7 Å². The van der Waals surface area contributed by atoms with Gasteiger partial charge in [-0.15, -0.1) is 0 Å². The third-order valence-corrected chi connectivity index (χ3v) is 3.80. The molecule has 0 aromatic rings. The highest BCUT2D eigenvalue weighted by atomic mass is 16.1. The smallest absolute Gasteiger partial charge is 0.243 e. The lowest BCUT2D eigenvalue weighted by atomic mass is 9.58. The molecule has 0 bridgehead atoms. The first-order valence-corrected chi connectivity index (χ1v) is 5.67. The van der Waals surface area contributed by atoms with Gasteiger partial charge in [-0.3, -0.25) is 4.79 Å². The van der Waals surface area contributed by atoms with Gasteiger partial charge in [0.15, 0.2) is 0 Å². The van der Waals surface area contributed by atoms with E-state index in [1.165, 1.54) is 51.0 Å². The lowest BCUT2D eigenvalue weighted by Crippen LogP contribution is -2.51. The van der Waals surface area contributed by atoms with Crippen LogP contribution in [0.3, 0.4) is 0 Å². The van der Waals surface area contributed by atoms with Gasteiger partial charge in [0, 0.05) is 6.04 Å². The van der Waals surface area contributed by atoms with E-state index in [-0.39, 0.29) is 5.91 Å². The third-order valence-electron chi connectivity index (χ3n) is 3.80. The van der Waals surface area contributed by atoms with Crippen molar-refractivity contribution in [2.75, 3.05) is 0 Å². The number of rotatable bonds is 2. The van der Waals surface area contributed by atoms with Crippen LogP contribution in [0, 0.1) is 5.41 Å². The second-order valence-electron chi connectivity index (χ2n) is 4.88. The van der Waals surface area contributed by atoms with E-state index in [1.807, 2.05) is 0 Å². The molecule has 78 valence electrons. The Labute approximate surface area is 85.8 Å². The summed E-state index contributed by atoms with van der Waals surface area (Å²) in [6.07, 6.45) is 10.7. The molecule has 2 aliphatic carbocycles. The predicted octanol–water partition coefficient (Wildman–Crippen LogP) is 2.40. The van der Waals surface area contributed by atoms with Crippen LogP contribution in [0.4, 0.5) is 0 Å². The molecule has 2 heteroatoms. The fourth-order valence-electron chi connectivity index (χ4n) is 3.06. The van der Waals surface area contributed by atoms with Crippen LogP contribution in [0.15, 0.2) is 12.7 Å². The van der Waals surface area contributed by atoms with E-state index in [0.717, 1.165) is 0 Å². The van der Waals surface area contributed by atoms with E-state index in [1.54, 1.807) is 0 Å². The molecule has 14 heavy (non-hydrogen) atoms. The molecule has 2 saturated carbocycles. The summed E-state index contributed by atoms with van der Waals surface area (Å²) < 4.78 is 0. The van der Waals surface area contributed by atoms with Crippen LogP contribution in [-0.4, -0.2) is 11.9 Å². The van der Waals surface area contributed by atoms with Gasteiger partial charge in [0.05, 0.1) is 0 Å². The zero-order valence-corrected chi connectivity index (χ0v) is 8.72. The van der Waals surface area contributed by atoms with Crippen molar-refractivity contribution in [2.45, 2.75) is 51.0 Å². The van der Waals surface area contributed by atoms with Crippen molar-refractivity contribution in [3.63, 3.8) is 0 Å². The SMILES string of the molecule is C=CC(=O)NC1CC2(CCCCC2)C1. The Morgan fingerprint density at radius 2 is 1.93 bits per heavy atom. The molecule has 0 aromatic carbocycles. The van der Waals surface area contributed by atoms with Crippen molar-refractivity contribution in [2.24, 2.45) is 5.41 Å². The zero-order chi connectivity index (χ0) is 10.0. The quantitative estimate of drug-likeness (QED) is 0.670. The second kappa shape index (κ2) is 3.76. The second-order valence-corrected chi connectivity index (χ2v) is 4.88. The molecule has 0 aliphatic heterocycles. The van der Waals surface area contributed by atoms with Crippen LogP contribution in [0.25, 0.3) is 0 Å². The van der Waals surface area contributed by atoms with Crippen LogP contribution in [-0.2, 0) is 4.79 Å². The lowest BCUT2D eigenvalue weighted by Gasteiger charge is -2.50. The van der Waals surface area contributed by atoms with Crippen LogP contribution in [0.5, 0.6) is 0 Å². The Kier molecular flexibility index (Phi) is 2.62. The Morgan fingerprint density at radius 1 is 1.29 bits per heavy atom. The number of carbonyl (C=O) groups excluding carboxylic acids is 1. The molecule has 1 amide bonds. The summed E-state index contributed by atoms with van der Waals surface area (Å²) >= 11 is 0. The molecule has 0 radical (unpaired) electrons. The molecule has 1 N–H and O–H groups in total. The fourth-order valence-corrected chi connectivity index (χ4v) is 3.06. The van der Waals surface area contributed by atoms with Gasteiger partial charge in [0.2, 0.25) is 5.91 Å². The van der Waals surface area contributed by atoms with Crippen LogP contribution >= 0.6 is 0 Å². The average Bonchev–Trinajstić information content (AvgIpc) is 2.17. The van der Waals surface area contributed by atoms with Crippen molar-refractivity contribution in [3.8, 4) is 0 Å². The van der Waals surface area contributed by atoms with Gasteiger partial charge in [-0.2, -0.15) is 0 Å².